The van der Waals surface area contributed by atoms with Gasteiger partial charge in [0.25, 0.3) is 5.91 Å². The summed E-state index contributed by atoms with van der Waals surface area (Å²) in [6.07, 6.45) is 1.92. The molecule has 2 heterocycles. The molecular formula is C33H36N6O. The number of pyridine rings is 1. The highest BCUT2D eigenvalue weighted by atomic mass is 16.1. The van der Waals surface area contributed by atoms with Gasteiger partial charge in [0.1, 0.15) is 0 Å². The molecule has 0 spiro atoms. The zero-order valence-electron chi connectivity index (χ0n) is 23.3. The quantitative estimate of drug-likeness (QED) is 0.242. The van der Waals surface area contributed by atoms with Gasteiger partial charge in [-0.25, -0.2) is 4.98 Å². The average molecular weight is 533 g/mol. The largest absolute Gasteiger partial charge is 0.345 e. The maximum atomic E-state index is 13.7. The van der Waals surface area contributed by atoms with Crippen LogP contribution in [0.2, 0.25) is 0 Å². The van der Waals surface area contributed by atoms with Crippen LogP contribution in [0.5, 0.6) is 0 Å². The molecule has 0 aliphatic heterocycles. The van der Waals surface area contributed by atoms with E-state index in [1.165, 1.54) is 5.56 Å². The van der Waals surface area contributed by atoms with Gasteiger partial charge in [0, 0.05) is 31.4 Å². The Hall–Kier alpha value is -4.33. The predicted molar refractivity (Wildman–Crippen MR) is 161 cm³/mol. The molecule has 0 fully saturated rings. The van der Waals surface area contributed by atoms with Crippen LogP contribution in [-0.2, 0) is 13.1 Å². The first-order valence-electron chi connectivity index (χ1n) is 13.7. The summed E-state index contributed by atoms with van der Waals surface area (Å²) in [4.78, 5) is 20.9. The number of fused-ring (bicyclic) bond motifs is 1. The second kappa shape index (κ2) is 12.7. The van der Waals surface area contributed by atoms with E-state index < -0.39 is 0 Å². The number of hydrogen-bond acceptors (Lipinski definition) is 5. The first kappa shape index (κ1) is 27.2. The van der Waals surface area contributed by atoms with E-state index in [1.54, 1.807) is 0 Å². The number of benzene rings is 3. The smallest absolute Gasteiger partial charge is 0.252 e. The molecule has 5 aromatic rings. The minimum Gasteiger partial charge on any atom is -0.345 e. The monoisotopic (exact) mass is 532 g/mol. The van der Waals surface area contributed by atoms with Crippen LogP contribution < -0.4 is 10.6 Å². The van der Waals surface area contributed by atoms with Crippen molar-refractivity contribution < 1.29 is 4.79 Å². The number of hydrogen-bond donors (Lipinski definition) is 2. The Balaban J connectivity index is 1.50. The molecule has 3 aromatic carbocycles. The number of likely N-dealkylation sites (N-methyl/N-ethyl adjacent to an activating group) is 2. The summed E-state index contributed by atoms with van der Waals surface area (Å²) in [6.45, 7) is 5.31. The maximum absolute atomic E-state index is 13.7. The summed E-state index contributed by atoms with van der Waals surface area (Å²) in [7, 11) is 4.08. The second-order valence-electron chi connectivity index (χ2n) is 10.3. The fourth-order valence-corrected chi connectivity index (χ4v) is 4.85. The number of carbonyl (C=O) groups is 1. The van der Waals surface area contributed by atoms with Gasteiger partial charge in [0.05, 0.1) is 29.2 Å². The normalized spacial score (nSPS) is 12.1. The molecule has 5 rings (SSSR count). The molecule has 40 heavy (non-hydrogen) atoms. The molecule has 1 atom stereocenters. The molecule has 0 bridgehead atoms. The summed E-state index contributed by atoms with van der Waals surface area (Å²) in [6, 6.07) is 30.3. The third-order valence-corrected chi connectivity index (χ3v) is 7.04. The number of carbonyl (C=O) groups excluding carboxylic acids is 1. The van der Waals surface area contributed by atoms with Crippen LogP contribution >= 0.6 is 0 Å². The van der Waals surface area contributed by atoms with Crippen molar-refractivity contribution in [2.24, 2.45) is 0 Å². The van der Waals surface area contributed by atoms with Crippen LogP contribution in [0.25, 0.3) is 22.3 Å². The standard InChI is InChI=1S/C33H36N6O/c1-24(27-14-8-5-9-15-27)35-33(40)29-20-31(28-16-10-13-26(19-28)21-38(3)18-17-34-2)36-32-30(29)23-39(37-32)22-25-11-6-4-7-12-25/h4-16,19-20,23-24,34H,17-18,21-22H2,1-3H3,(H,35,40)/t24-/m0/s1. The Morgan fingerprint density at radius 3 is 2.42 bits per heavy atom. The molecule has 7 nitrogen and oxygen atoms in total. The zero-order chi connectivity index (χ0) is 27.9. The van der Waals surface area contributed by atoms with E-state index in [0.29, 0.717) is 17.8 Å². The molecule has 0 saturated heterocycles. The molecule has 1 amide bonds. The highest BCUT2D eigenvalue weighted by molar-refractivity contribution is 6.06. The minimum atomic E-state index is -0.146. The Bertz CT molecular complexity index is 1560. The Labute approximate surface area is 235 Å². The van der Waals surface area contributed by atoms with Crippen LogP contribution in [-0.4, -0.2) is 52.8 Å². The second-order valence-corrected chi connectivity index (χ2v) is 10.3. The zero-order valence-corrected chi connectivity index (χ0v) is 23.3. The van der Waals surface area contributed by atoms with Gasteiger partial charge in [-0.3, -0.25) is 9.48 Å². The van der Waals surface area contributed by atoms with E-state index in [2.05, 4.69) is 46.8 Å². The van der Waals surface area contributed by atoms with E-state index in [1.807, 2.05) is 91.6 Å². The SMILES string of the molecule is CNCCN(C)Cc1cccc(-c2cc(C(=O)N[C@@H](C)c3ccccc3)c3cn(Cc4ccccc4)nc3n2)c1. The lowest BCUT2D eigenvalue weighted by Crippen LogP contribution is -2.27. The van der Waals surface area contributed by atoms with Gasteiger partial charge in [-0.15, -0.1) is 0 Å². The first-order valence-corrected chi connectivity index (χ1v) is 13.7. The molecule has 7 heteroatoms. The van der Waals surface area contributed by atoms with Crippen LogP contribution in [0.15, 0.2) is 97.2 Å². The van der Waals surface area contributed by atoms with Gasteiger partial charge >= 0.3 is 0 Å². The van der Waals surface area contributed by atoms with Crippen molar-refractivity contribution in [1.82, 2.24) is 30.3 Å². The van der Waals surface area contributed by atoms with Crippen molar-refractivity contribution >= 4 is 16.9 Å². The van der Waals surface area contributed by atoms with Gasteiger partial charge in [0.15, 0.2) is 5.65 Å². The molecule has 0 unspecified atom stereocenters. The summed E-state index contributed by atoms with van der Waals surface area (Å²) < 4.78 is 1.86. The van der Waals surface area contributed by atoms with Crippen molar-refractivity contribution in [3.63, 3.8) is 0 Å². The van der Waals surface area contributed by atoms with Crippen molar-refractivity contribution in [2.45, 2.75) is 26.1 Å². The molecule has 2 N–H and O–H groups in total. The van der Waals surface area contributed by atoms with Gasteiger partial charge < -0.3 is 15.5 Å². The highest BCUT2D eigenvalue weighted by Gasteiger charge is 2.19. The predicted octanol–water partition coefficient (Wildman–Crippen LogP) is 5.29. The van der Waals surface area contributed by atoms with Crippen LogP contribution in [0.3, 0.4) is 0 Å². The summed E-state index contributed by atoms with van der Waals surface area (Å²) in [5.74, 6) is -0.146. The number of nitrogens with one attached hydrogen (secondary N) is 2. The molecule has 0 aliphatic rings. The van der Waals surface area contributed by atoms with Crippen molar-refractivity contribution in [3.8, 4) is 11.3 Å². The van der Waals surface area contributed by atoms with E-state index in [-0.39, 0.29) is 11.9 Å². The molecule has 2 aromatic heterocycles. The molecule has 0 aliphatic carbocycles. The van der Waals surface area contributed by atoms with Crippen molar-refractivity contribution in [1.29, 1.82) is 0 Å². The van der Waals surface area contributed by atoms with Crippen molar-refractivity contribution in [2.75, 3.05) is 27.2 Å². The molecule has 204 valence electrons. The summed E-state index contributed by atoms with van der Waals surface area (Å²) in [5.41, 5.74) is 6.20. The number of rotatable bonds is 11. The molecule has 0 radical (unpaired) electrons. The van der Waals surface area contributed by atoms with Gasteiger partial charge in [-0.05, 0) is 49.8 Å². The third kappa shape index (κ3) is 6.62. The fraction of sp³-hybridized carbons (Fsp3) is 0.242. The van der Waals surface area contributed by atoms with Gasteiger partial charge in [-0.1, -0.05) is 78.9 Å². The van der Waals surface area contributed by atoms with Crippen molar-refractivity contribution in [3.05, 3.63) is 119 Å². The fourth-order valence-electron chi connectivity index (χ4n) is 4.85. The Morgan fingerprint density at radius 1 is 0.950 bits per heavy atom. The van der Waals surface area contributed by atoms with Gasteiger partial charge in [0.2, 0.25) is 0 Å². The van der Waals surface area contributed by atoms with E-state index >= 15 is 0 Å². The number of amides is 1. The average Bonchev–Trinajstić information content (AvgIpc) is 3.38. The Morgan fingerprint density at radius 2 is 1.68 bits per heavy atom. The van der Waals surface area contributed by atoms with Crippen LogP contribution in [0, 0.1) is 0 Å². The number of aromatic nitrogens is 3. The lowest BCUT2D eigenvalue weighted by atomic mass is 10.0. The number of nitrogens with zero attached hydrogens (tertiary/aromatic N) is 4. The minimum absolute atomic E-state index is 0.142. The van der Waals surface area contributed by atoms with Crippen LogP contribution in [0.1, 0.15) is 40.0 Å². The molecular weight excluding hydrogens is 496 g/mol. The maximum Gasteiger partial charge on any atom is 0.252 e. The lowest BCUT2D eigenvalue weighted by molar-refractivity contribution is 0.0941. The Kier molecular flexibility index (Phi) is 8.64. The molecule has 0 saturated carbocycles. The summed E-state index contributed by atoms with van der Waals surface area (Å²) >= 11 is 0. The third-order valence-electron chi connectivity index (χ3n) is 7.04. The van der Waals surface area contributed by atoms with E-state index in [4.69, 9.17) is 10.1 Å². The van der Waals surface area contributed by atoms with Gasteiger partial charge in [-0.2, -0.15) is 5.10 Å². The first-order chi connectivity index (χ1) is 19.5. The van der Waals surface area contributed by atoms with E-state index in [9.17, 15) is 4.79 Å². The highest BCUT2D eigenvalue weighted by Crippen LogP contribution is 2.26. The summed E-state index contributed by atoms with van der Waals surface area (Å²) in [5, 5.41) is 11.9. The topological polar surface area (TPSA) is 75.1 Å². The van der Waals surface area contributed by atoms with E-state index in [0.717, 1.165) is 47.4 Å². The van der Waals surface area contributed by atoms with Crippen LogP contribution in [0.4, 0.5) is 0 Å². The lowest BCUT2D eigenvalue weighted by Gasteiger charge is -2.17.